The van der Waals surface area contributed by atoms with Gasteiger partial charge in [0.2, 0.25) is 0 Å². The number of rotatable bonds is 2. The zero-order valence-electron chi connectivity index (χ0n) is 11.6. The lowest BCUT2D eigenvalue weighted by atomic mass is 9.94. The fourth-order valence-electron chi connectivity index (χ4n) is 4.41. The van der Waals surface area contributed by atoms with Crippen LogP contribution in [0.1, 0.15) is 49.8 Å². The molecule has 4 heteroatoms. The van der Waals surface area contributed by atoms with Gasteiger partial charge < -0.3 is 9.88 Å². The lowest BCUT2D eigenvalue weighted by Crippen LogP contribution is -2.30. The van der Waals surface area contributed by atoms with Crippen LogP contribution in [0.2, 0.25) is 0 Å². The third-order valence-corrected chi connectivity index (χ3v) is 5.38. The minimum Gasteiger partial charge on any atom is -0.330 e. The van der Waals surface area contributed by atoms with E-state index in [2.05, 4.69) is 32.3 Å². The molecule has 0 bridgehead atoms. The summed E-state index contributed by atoms with van der Waals surface area (Å²) in [6, 6.07) is 1.48. The van der Waals surface area contributed by atoms with Crippen LogP contribution in [0.3, 0.4) is 0 Å². The van der Waals surface area contributed by atoms with E-state index in [0.717, 1.165) is 25.0 Å². The highest BCUT2D eigenvalue weighted by atomic mass is 15.3. The van der Waals surface area contributed by atoms with Crippen molar-refractivity contribution in [2.24, 2.45) is 0 Å². The molecule has 2 unspecified atom stereocenters. The van der Waals surface area contributed by atoms with Crippen molar-refractivity contribution in [3.63, 3.8) is 0 Å². The first-order valence-electron chi connectivity index (χ1n) is 7.90. The number of nitrogens with one attached hydrogen (secondary N) is 1. The monoisotopic (exact) mass is 260 g/mol. The third kappa shape index (κ3) is 2.01. The highest BCUT2D eigenvalue weighted by Gasteiger charge is 2.39. The average Bonchev–Trinajstić information content (AvgIpc) is 3.15. The van der Waals surface area contributed by atoms with Crippen molar-refractivity contribution in [2.75, 3.05) is 26.2 Å². The SMILES string of the molecule is c1ncn(C2CCN3CCCC23)c1C1CCNCC1. The van der Waals surface area contributed by atoms with E-state index in [9.17, 15) is 0 Å². The van der Waals surface area contributed by atoms with E-state index in [4.69, 9.17) is 0 Å². The van der Waals surface area contributed by atoms with Crippen molar-refractivity contribution in [3.05, 3.63) is 18.2 Å². The molecule has 3 aliphatic rings. The molecule has 0 aliphatic carbocycles. The predicted octanol–water partition coefficient (Wildman–Crippen LogP) is 1.76. The maximum absolute atomic E-state index is 4.48. The number of imidazole rings is 1. The van der Waals surface area contributed by atoms with Gasteiger partial charge in [-0.3, -0.25) is 4.90 Å². The Morgan fingerprint density at radius 2 is 1.95 bits per heavy atom. The molecule has 4 heterocycles. The van der Waals surface area contributed by atoms with Crippen LogP contribution < -0.4 is 5.32 Å². The van der Waals surface area contributed by atoms with Crippen LogP contribution in [0.4, 0.5) is 0 Å². The topological polar surface area (TPSA) is 33.1 Å². The second-order valence-electron chi connectivity index (χ2n) is 6.35. The van der Waals surface area contributed by atoms with E-state index < -0.39 is 0 Å². The molecule has 4 rings (SSSR count). The zero-order chi connectivity index (χ0) is 12.7. The molecule has 0 spiro atoms. The van der Waals surface area contributed by atoms with Crippen LogP contribution in [0.25, 0.3) is 0 Å². The number of piperidine rings is 1. The van der Waals surface area contributed by atoms with Crippen LogP contribution in [0, 0.1) is 0 Å². The molecular weight excluding hydrogens is 236 g/mol. The lowest BCUT2D eigenvalue weighted by Gasteiger charge is -2.28. The zero-order valence-corrected chi connectivity index (χ0v) is 11.6. The first kappa shape index (κ1) is 11.9. The van der Waals surface area contributed by atoms with Crippen molar-refractivity contribution in [3.8, 4) is 0 Å². The van der Waals surface area contributed by atoms with Gasteiger partial charge in [-0.1, -0.05) is 0 Å². The summed E-state index contributed by atoms with van der Waals surface area (Å²) in [7, 11) is 0. The van der Waals surface area contributed by atoms with Crippen LogP contribution in [0.5, 0.6) is 0 Å². The van der Waals surface area contributed by atoms with E-state index in [1.165, 1.54) is 50.9 Å². The van der Waals surface area contributed by atoms with E-state index >= 15 is 0 Å². The van der Waals surface area contributed by atoms with Crippen molar-refractivity contribution in [2.45, 2.75) is 50.1 Å². The molecule has 0 radical (unpaired) electrons. The molecule has 19 heavy (non-hydrogen) atoms. The summed E-state index contributed by atoms with van der Waals surface area (Å²) in [4.78, 5) is 7.17. The minimum atomic E-state index is 0.690. The van der Waals surface area contributed by atoms with Gasteiger partial charge in [0.15, 0.2) is 0 Å². The Balaban J connectivity index is 1.59. The summed E-state index contributed by atoms with van der Waals surface area (Å²) >= 11 is 0. The molecule has 1 N–H and O–H groups in total. The quantitative estimate of drug-likeness (QED) is 0.879. The number of aromatic nitrogens is 2. The molecule has 1 aromatic heterocycles. The van der Waals surface area contributed by atoms with Crippen molar-refractivity contribution in [1.29, 1.82) is 0 Å². The van der Waals surface area contributed by atoms with E-state index in [1.54, 1.807) is 0 Å². The molecule has 1 aromatic rings. The Morgan fingerprint density at radius 3 is 2.84 bits per heavy atom. The Hall–Kier alpha value is -0.870. The summed E-state index contributed by atoms with van der Waals surface area (Å²) in [6.07, 6.45) is 10.9. The summed E-state index contributed by atoms with van der Waals surface area (Å²) < 4.78 is 2.53. The largest absolute Gasteiger partial charge is 0.330 e. The molecule has 0 amide bonds. The summed E-state index contributed by atoms with van der Waals surface area (Å²) in [5.74, 6) is 0.721. The first-order valence-corrected chi connectivity index (χ1v) is 7.90. The lowest BCUT2D eigenvalue weighted by molar-refractivity contribution is 0.285. The number of hydrogen-bond acceptors (Lipinski definition) is 3. The molecule has 3 saturated heterocycles. The molecule has 4 nitrogen and oxygen atoms in total. The summed E-state index contributed by atoms with van der Waals surface area (Å²) in [5, 5.41) is 3.46. The van der Waals surface area contributed by atoms with E-state index in [0.29, 0.717) is 6.04 Å². The van der Waals surface area contributed by atoms with Gasteiger partial charge in [-0.05, 0) is 51.7 Å². The Bertz CT molecular complexity index is 435. The second-order valence-corrected chi connectivity index (χ2v) is 6.35. The van der Waals surface area contributed by atoms with E-state index in [1.807, 2.05) is 0 Å². The van der Waals surface area contributed by atoms with Crippen molar-refractivity contribution in [1.82, 2.24) is 19.8 Å². The van der Waals surface area contributed by atoms with Gasteiger partial charge in [0, 0.05) is 30.4 Å². The average molecular weight is 260 g/mol. The van der Waals surface area contributed by atoms with Crippen molar-refractivity contribution >= 4 is 0 Å². The van der Waals surface area contributed by atoms with Gasteiger partial charge in [0.25, 0.3) is 0 Å². The Labute approximate surface area is 115 Å². The maximum Gasteiger partial charge on any atom is 0.0951 e. The normalized spacial score (nSPS) is 32.8. The van der Waals surface area contributed by atoms with Gasteiger partial charge in [-0.15, -0.1) is 0 Å². The van der Waals surface area contributed by atoms with E-state index in [-0.39, 0.29) is 0 Å². The number of fused-ring (bicyclic) bond motifs is 1. The standard InChI is InChI=1S/C15H24N4/c1-2-13-14(5-9-18(13)8-1)19-11-17-10-15(19)12-3-6-16-7-4-12/h10-14,16H,1-9H2. The summed E-state index contributed by atoms with van der Waals surface area (Å²) in [6.45, 7) is 4.93. The molecule has 104 valence electrons. The molecule has 0 aromatic carbocycles. The molecule has 0 saturated carbocycles. The van der Waals surface area contributed by atoms with Gasteiger partial charge in [0.1, 0.15) is 0 Å². The Morgan fingerprint density at radius 1 is 1.05 bits per heavy atom. The molecule has 3 fully saturated rings. The van der Waals surface area contributed by atoms with Crippen molar-refractivity contribution < 1.29 is 0 Å². The van der Waals surface area contributed by atoms with Crippen LogP contribution in [-0.2, 0) is 0 Å². The van der Waals surface area contributed by atoms with Crippen LogP contribution in [-0.4, -0.2) is 46.7 Å². The van der Waals surface area contributed by atoms with Crippen LogP contribution in [0.15, 0.2) is 12.5 Å². The number of nitrogens with zero attached hydrogens (tertiary/aromatic N) is 3. The van der Waals surface area contributed by atoms with Gasteiger partial charge in [0.05, 0.1) is 12.4 Å². The fourth-order valence-corrected chi connectivity index (χ4v) is 4.41. The highest BCUT2D eigenvalue weighted by Crippen LogP contribution is 2.38. The smallest absolute Gasteiger partial charge is 0.0951 e. The summed E-state index contributed by atoms with van der Waals surface area (Å²) in [5.41, 5.74) is 1.50. The molecule has 3 aliphatic heterocycles. The second kappa shape index (κ2) is 4.91. The third-order valence-electron chi connectivity index (χ3n) is 5.38. The molecular formula is C15H24N4. The highest BCUT2D eigenvalue weighted by molar-refractivity contribution is 5.11. The number of hydrogen-bond donors (Lipinski definition) is 1. The predicted molar refractivity (Wildman–Crippen MR) is 75.3 cm³/mol. The maximum atomic E-state index is 4.48. The van der Waals surface area contributed by atoms with Gasteiger partial charge in [-0.25, -0.2) is 4.98 Å². The molecule has 2 atom stereocenters. The van der Waals surface area contributed by atoms with Crippen LogP contribution >= 0.6 is 0 Å². The fraction of sp³-hybridized carbons (Fsp3) is 0.800. The van der Waals surface area contributed by atoms with Gasteiger partial charge >= 0.3 is 0 Å². The first-order chi connectivity index (χ1) is 9.43. The van der Waals surface area contributed by atoms with Gasteiger partial charge in [-0.2, -0.15) is 0 Å². The minimum absolute atomic E-state index is 0.690. The Kier molecular flexibility index (Phi) is 3.08.